The Kier molecular flexibility index (Phi) is 4.47. The number of ether oxygens (including phenoxy) is 1. The van der Waals surface area contributed by atoms with Gasteiger partial charge < -0.3 is 10.1 Å². The number of fused-ring (bicyclic) bond motifs is 1. The first kappa shape index (κ1) is 14.3. The minimum absolute atomic E-state index is 0.0885. The fourth-order valence-electron chi connectivity index (χ4n) is 2.39. The molecule has 1 N–H and O–H groups in total. The minimum Gasteiger partial charge on any atom is -0.493 e. The lowest BCUT2D eigenvalue weighted by atomic mass is 10.0. The summed E-state index contributed by atoms with van der Waals surface area (Å²) < 4.78 is 28.1. The predicted molar refractivity (Wildman–Crippen MR) is 76.4 cm³/mol. The van der Waals surface area contributed by atoms with Crippen LogP contribution in [-0.2, 0) is 16.3 Å². The van der Waals surface area contributed by atoms with E-state index in [1.54, 1.807) is 0 Å². The second-order valence-corrected chi connectivity index (χ2v) is 7.25. The molecule has 19 heavy (non-hydrogen) atoms. The van der Waals surface area contributed by atoms with Crippen LogP contribution in [0.5, 0.6) is 5.75 Å². The van der Waals surface area contributed by atoms with Crippen molar-refractivity contribution in [1.82, 2.24) is 5.32 Å². The van der Waals surface area contributed by atoms with Crippen LogP contribution in [0, 0.1) is 0 Å². The quantitative estimate of drug-likeness (QED) is 0.863. The number of hydrogen-bond donors (Lipinski definition) is 1. The summed E-state index contributed by atoms with van der Waals surface area (Å²) >= 11 is 0. The van der Waals surface area contributed by atoms with Crippen LogP contribution in [0.25, 0.3) is 0 Å². The first-order valence-electron chi connectivity index (χ1n) is 6.66. The normalized spacial score (nSPS) is 15.9. The van der Waals surface area contributed by atoms with Crippen molar-refractivity contribution in [2.75, 3.05) is 25.2 Å². The SMILES string of the molecule is CCNC(CCS(C)(=O)=O)c1ccc2c(c1)CCO2. The second kappa shape index (κ2) is 5.92. The van der Waals surface area contributed by atoms with Crippen molar-refractivity contribution in [3.05, 3.63) is 29.3 Å². The molecule has 0 radical (unpaired) electrons. The molecule has 0 fully saturated rings. The third-order valence-corrected chi connectivity index (χ3v) is 4.32. The van der Waals surface area contributed by atoms with Crippen LogP contribution in [0.2, 0.25) is 0 Å². The Labute approximate surface area is 115 Å². The van der Waals surface area contributed by atoms with E-state index in [1.807, 2.05) is 19.1 Å². The molecule has 1 aliphatic heterocycles. The molecule has 0 aromatic heterocycles. The zero-order chi connectivity index (χ0) is 13.9. The molecule has 0 amide bonds. The first-order valence-corrected chi connectivity index (χ1v) is 8.72. The molecule has 0 saturated carbocycles. The largest absolute Gasteiger partial charge is 0.493 e. The van der Waals surface area contributed by atoms with Gasteiger partial charge in [-0.05, 0) is 30.2 Å². The summed E-state index contributed by atoms with van der Waals surface area (Å²) in [6.45, 7) is 3.60. The topological polar surface area (TPSA) is 55.4 Å². The zero-order valence-electron chi connectivity index (χ0n) is 11.5. The molecule has 1 unspecified atom stereocenters. The maximum absolute atomic E-state index is 11.3. The molecule has 0 spiro atoms. The number of sulfone groups is 1. The second-order valence-electron chi connectivity index (χ2n) is 4.99. The highest BCUT2D eigenvalue weighted by Crippen LogP contribution is 2.29. The average Bonchev–Trinajstić information content (AvgIpc) is 2.80. The summed E-state index contributed by atoms with van der Waals surface area (Å²) in [5.41, 5.74) is 2.37. The van der Waals surface area contributed by atoms with E-state index in [9.17, 15) is 8.42 Å². The van der Waals surface area contributed by atoms with E-state index in [1.165, 1.54) is 11.8 Å². The third kappa shape index (κ3) is 3.94. The van der Waals surface area contributed by atoms with Crippen molar-refractivity contribution in [2.45, 2.75) is 25.8 Å². The van der Waals surface area contributed by atoms with Gasteiger partial charge in [0.1, 0.15) is 15.6 Å². The molecule has 1 aromatic carbocycles. The van der Waals surface area contributed by atoms with E-state index in [0.29, 0.717) is 6.42 Å². The number of nitrogens with one attached hydrogen (secondary N) is 1. The van der Waals surface area contributed by atoms with Crippen LogP contribution in [0.15, 0.2) is 18.2 Å². The van der Waals surface area contributed by atoms with E-state index in [2.05, 4.69) is 11.4 Å². The van der Waals surface area contributed by atoms with Gasteiger partial charge in [-0.2, -0.15) is 0 Å². The van der Waals surface area contributed by atoms with Gasteiger partial charge in [0.2, 0.25) is 0 Å². The standard InChI is InChI=1S/C14H21NO3S/c1-3-15-13(7-9-19(2,16)17)11-4-5-14-12(10-11)6-8-18-14/h4-5,10,13,15H,3,6-9H2,1-2H3. The van der Waals surface area contributed by atoms with Crippen LogP contribution in [-0.4, -0.2) is 33.6 Å². The van der Waals surface area contributed by atoms with Crippen molar-refractivity contribution >= 4 is 9.84 Å². The van der Waals surface area contributed by atoms with Gasteiger partial charge in [0.15, 0.2) is 0 Å². The maximum atomic E-state index is 11.3. The summed E-state index contributed by atoms with van der Waals surface area (Å²) in [5, 5.41) is 3.36. The summed E-state index contributed by atoms with van der Waals surface area (Å²) in [7, 11) is -2.92. The van der Waals surface area contributed by atoms with E-state index in [-0.39, 0.29) is 11.8 Å². The maximum Gasteiger partial charge on any atom is 0.147 e. The molecule has 1 atom stereocenters. The Morgan fingerprint density at radius 2 is 2.21 bits per heavy atom. The molecule has 106 valence electrons. The van der Waals surface area contributed by atoms with Crippen molar-refractivity contribution in [1.29, 1.82) is 0 Å². The van der Waals surface area contributed by atoms with Gasteiger partial charge in [-0.25, -0.2) is 8.42 Å². The van der Waals surface area contributed by atoms with Crippen LogP contribution in [0.1, 0.15) is 30.5 Å². The highest BCUT2D eigenvalue weighted by atomic mass is 32.2. The Hall–Kier alpha value is -1.07. The van der Waals surface area contributed by atoms with Crippen LogP contribution >= 0.6 is 0 Å². The summed E-state index contributed by atoms with van der Waals surface area (Å²) in [4.78, 5) is 0. The molecular formula is C14H21NO3S. The summed E-state index contributed by atoms with van der Waals surface area (Å²) in [5.74, 6) is 1.17. The average molecular weight is 283 g/mol. The minimum atomic E-state index is -2.92. The molecule has 1 heterocycles. The van der Waals surface area contributed by atoms with Crippen molar-refractivity contribution in [3.8, 4) is 5.75 Å². The van der Waals surface area contributed by atoms with Crippen molar-refractivity contribution in [2.24, 2.45) is 0 Å². The van der Waals surface area contributed by atoms with Gasteiger partial charge in [-0.15, -0.1) is 0 Å². The molecule has 2 rings (SSSR count). The molecule has 0 aliphatic carbocycles. The Bertz CT molecular complexity index is 540. The molecule has 5 heteroatoms. The number of rotatable bonds is 6. The molecule has 0 saturated heterocycles. The third-order valence-electron chi connectivity index (χ3n) is 3.34. The molecule has 1 aromatic rings. The first-order chi connectivity index (χ1) is 8.99. The molecule has 1 aliphatic rings. The van der Waals surface area contributed by atoms with Crippen LogP contribution < -0.4 is 10.1 Å². The van der Waals surface area contributed by atoms with Crippen molar-refractivity contribution < 1.29 is 13.2 Å². The molecular weight excluding hydrogens is 262 g/mol. The monoisotopic (exact) mass is 283 g/mol. The zero-order valence-corrected chi connectivity index (χ0v) is 12.3. The fraction of sp³-hybridized carbons (Fsp3) is 0.571. The Morgan fingerprint density at radius 3 is 2.89 bits per heavy atom. The smallest absolute Gasteiger partial charge is 0.147 e. The summed E-state index contributed by atoms with van der Waals surface area (Å²) in [6.07, 6.45) is 2.83. The van der Waals surface area contributed by atoms with Crippen LogP contribution in [0.3, 0.4) is 0 Å². The van der Waals surface area contributed by atoms with E-state index in [0.717, 1.165) is 30.9 Å². The number of hydrogen-bond acceptors (Lipinski definition) is 4. The van der Waals surface area contributed by atoms with Gasteiger partial charge in [0, 0.05) is 18.7 Å². The molecule has 0 bridgehead atoms. The van der Waals surface area contributed by atoms with Gasteiger partial charge in [0.05, 0.1) is 12.4 Å². The predicted octanol–water partition coefficient (Wildman–Crippen LogP) is 1.71. The highest BCUT2D eigenvalue weighted by Gasteiger charge is 2.17. The summed E-state index contributed by atoms with van der Waals surface area (Å²) in [6, 6.07) is 6.24. The number of benzene rings is 1. The van der Waals surface area contributed by atoms with Gasteiger partial charge in [0.25, 0.3) is 0 Å². The van der Waals surface area contributed by atoms with Gasteiger partial charge in [-0.3, -0.25) is 0 Å². The van der Waals surface area contributed by atoms with Gasteiger partial charge >= 0.3 is 0 Å². The van der Waals surface area contributed by atoms with Crippen LogP contribution in [0.4, 0.5) is 0 Å². The van der Waals surface area contributed by atoms with Gasteiger partial charge in [-0.1, -0.05) is 19.1 Å². The van der Waals surface area contributed by atoms with Crippen molar-refractivity contribution in [3.63, 3.8) is 0 Å². The lowest BCUT2D eigenvalue weighted by Crippen LogP contribution is -2.23. The Balaban J connectivity index is 2.14. The van der Waals surface area contributed by atoms with E-state index < -0.39 is 9.84 Å². The fourth-order valence-corrected chi connectivity index (χ4v) is 3.05. The Morgan fingerprint density at radius 1 is 1.42 bits per heavy atom. The molecule has 4 nitrogen and oxygen atoms in total. The van der Waals surface area contributed by atoms with E-state index in [4.69, 9.17) is 4.74 Å². The highest BCUT2D eigenvalue weighted by molar-refractivity contribution is 7.90. The lowest BCUT2D eigenvalue weighted by Gasteiger charge is -2.18. The lowest BCUT2D eigenvalue weighted by molar-refractivity contribution is 0.356. The van der Waals surface area contributed by atoms with E-state index >= 15 is 0 Å².